The fourth-order valence-corrected chi connectivity index (χ4v) is 4.53. The first kappa shape index (κ1) is 19.6. The highest BCUT2D eigenvalue weighted by molar-refractivity contribution is 6.01. The highest BCUT2D eigenvalue weighted by Gasteiger charge is 2.40. The van der Waals surface area contributed by atoms with E-state index in [0.717, 1.165) is 40.3 Å². The molecule has 0 bridgehead atoms. The van der Waals surface area contributed by atoms with Crippen LogP contribution in [0.1, 0.15) is 40.9 Å². The molecular formula is C29H24N2O2. The zero-order chi connectivity index (χ0) is 22.0. The lowest BCUT2D eigenvalue weighted by Gasteiger charge is -2.38. The van der Waals surface area contributed by atoms with E-state index in [0.29, 0.717) is 6.61 Å². The highest BCUT2D eigenvalue weighted by Crippen LogP contribution is 2.47. The monoisotopic (exact) mass is 432 g/mol. The standard InChI is InChI=1S/C29H24N2O2/c1-3-9-21(10-4-1)20-32-24-17-15-23(16-18-24)29-31-27(25-13-7-8-14-28(25)33-29)19-26(30-31)22-11-5-2-6-12-22/h1-18,27,29H,19-20H2/t27-,29+/m0/s1. The van der Waals surface area contributed by atoms with Crippen molar-refractivity contribution in [3.8, 4) is 11.5 Å². The van der Waals surface area contributed by atoms with Crippen molar-refractivity contribution in [1.82, 2.24) is 5.01 Å². The van der Waals surface area contributed by atoms with Crippen LogP contribution in [0.3, 0.4) is 0 Å². The third-order valence-electron chi connectivity index (χ3n) is 6.22. The van der Waals surface area contributed by atoms with E-state index in [1.165, 1.54) is 5.56 Å². The number of hydrazone groups is 1. The van der Waals surface area contributed by atoms with Crippen LogP contribution in [0.2, 0.25) is 0 Å². The molecule has 4 nitrogen and oxygen atoms in total. The third-order valence-corrected chi connectivity index (χ3v) is 6.22. The molecule has 0 spiro atoms. The first-order valence-corrected chi connectivity index (χ1v) is 11.3. The van der Waals surface area contributed by atoms with Crippen LogP contribution in [0.25, 0.3) is 0 Å². The quantitative estimate of drug-likeness (QED) is 0.361. The molecule has 4 aromatic carbocycles. The van der Waals surface area contributed by atoms with Gasteiger partial charge in [0.2, 0.25) is 6.23 Å². The van der Waals surface area contributed by atoms with Crippen molar-refractivity contribution in [3.63, 3.8) is 0 Å². The van der Waals surface area contributed by atoms with Gasteiger partial charge in [-0.1, -0.05) is 78.9 Å². The average Bonchev–Trinajstić information content (AvgIpc) is 3.34. The summed E-state index contributed by atoms with van der Waals surface area (Å²) >= 11 is 0. The van der Waals surface area contributed by atoms with E-state index in [1.54, 1.807) is 0 Å². The largest absolute Gasteiger partial charge is 0.489 e. The highest BCUT2D eigenvalue weighted by atomic mass is 16.5. The minimum atomic E-state index is -0.283. The van der Waals surface area contributed by atoms with Crippen LogP contribution in [0.5, 0.6) is 11.5 Å². The van der Waals surface area contributed by atoms with Gasteiger partial charge in [0.1, 0.15) is 18.1 Å². The van der Waals surface area contributed by atoms with Gasteiger partial charge in [0.25, 0.3) is 0 Å². The molecule has 0 aliphatic carbocycles. The van der Waals surface area contributed by atoms with E-state index in [9.17, 15) is 0 Å². The van der Waals surface area contributed by atoms with Crippen LogP contribution >= 0.6 is 0 Å². The first-order valence-electron chi connectivity index (χ1n) is 11.3. The zero-order valence-corrected chi connectivity index (χ0v) is 18.2. The molecule has 0 saturated heterocycles. The summed E-state index contributed by atoms with van der Waals surface area (Å²) in [5, 5.41) is 7.14. The number of para-hydroxylation sites is 1. The summed E-state index contributed by atoms with van der Waals surface area (Å²) in [6, 6.07) is 37.2. The summed E-state index contributed by atoms with van der Waals surface area (Å²) in [4.78, 5) is 0. The number of rotatable bonds is 5. The molecular weight excluding hydrogens is 408 g/mol. The topological polar surface area (TPSA) is 34.1 Å². The smallest absolute Gasteiger partial charge is 0.213 e. The Kier molecular flexibility index (Phi) is 5.04. The van der Waals surface area contributed by atoms with Gasteiger partial charge in [-0.3, -0.25) is 0 Å². The minimum Gasteiger partial charge on any atom is -0.489 e. The lowest BCUT2D eigenvalue weighted by Crippen LogP contribution is -2.33. The predicted octanol–water partition coefficient (Wildman–Crippen LogP) is 6.51. The number of ether oxygens (including phenoxy) is 2. The molecule has 2 aliphatic heterocycles. The maximum atomic E-state index is 6.46. The fraction of sp³-hybridized carbons (Fsp3) is 0.138. The third kappa shape index (κ3) is 3.85. The van der Waals surface area contributed by atoms with Crippen molar-refractivity contribution in [3.05, 3.63) is 131 Å². The second-order valence-electron chi connectivity index (χ2n) is 8.36. The van der Waals surface area contributed by atoms with Gasteiger partial charge in [0.05, 0.1) is 11.8 Å². The Morgan fingerprint density at radius 3 is 2.27 bits per heavy atom. The molecule has 0 unspecified atom stereocenters. The molecule has 4 heteroatoms. The van der Waals surface area contributed by atoms with Gasteiger partial charge in [-0.25, -0.2) is 5.01 Å². The Bertz CT molecular complexity index is 1270. The van der Waals surface area contributed by atoms with Gasteiger partial charge in [0.15, 0.2) is 0 Å². The van der Waals surface area contributed by atoms with Crippen molar-refractivity contribution in [2.24, 2.45) is 5.10 Å². The average molecular weight is 433 g/mol. The van der Waals surface area contributed by atoms with Gasteiger partial charge < -0.3 is 9.47 Å². The van der Waals surface area contributed by atoms with Crippen LogP contribution in [-0.4, -0.2) is 10.7 Å². The van der Waals surface area contributed by atoms with Gasteiger partial charge in [-0.15, -0.1) is 0 Å². The number of hydrogen-bond acceptors (Lipinski definition) is 4. The lowest BCUT2D eigenvalue weighted by atomic mass is 9.96. The van der Waals surface area contributed by atoms with Gasteiger partial charge in [-0.05, 0) is 41.5 Å². The molecule has 0 fully saturated rings. The van der Waals surface area contributed by atoms with Crippen LogP contribution < -0.4 is 9.47 Å². The van der Waals surface area contributed by atoms with Crippen molar-refractivity contribution < 1.29 is 9.47 Å². The Morgan fingerprint density at radius 1 is 0.788 bits per heavy atom. The van der Waals surface area contributed by atoms with Crippen molar-refractivity contribution in [2.75, 3.05) is 0 Å². The van der Waals surface area contributed by atoms with Crippen LogP contribution in [0.4, 0.5) is 0 Å². The van der Waals surface area contributed by atoms with Crippen LogP contribution in [-0.2, 0) is 6.61 Å². The summed E-state index contributed by atoms with van der Waals surface area (Å²) < 4.78 is 12.4. The van der Waals surface area contributed by atoms with Crippen LogP contribution in [0, 0.1) is 0 Å². The van der Waals surface area contributed by atoms with Crippen LogP contribution in [0.15, 0.2) is 114 Å². The second kappa shape index (κ2) is 8.47. The summed E-state index contributed by atoms with van der Waals surface area (Å²) in [7, 11) is 0. The lowest BCUT2D eigenvalue weighted by molar-refractivity contribution is -0.0190. The Morgan fingerprint density at radius 2 is 1.48 bits per heavy atom. The van der Waals surface area contributed by atoms with Gasteiger partial charge in [0, 0.05) is 17.5 Å². The fourth-order valence-electron chi connectivity index (χ4n) is 4.53. The molecule has 162 valence electrons. The molecule has 0 aromatic heterocycles. The van der Waals surface area contributed by atoms with E-state index in [2.05, 4.69) is 71.7 Å². The molecule has 0 amide bonds. The molecule has 4 aromatic rings. The summed E-state index contributed by atoms with van der Waals surface area (Å²) in [5.41, 5.74) is 5.64. The molecule has 0 N–H and O–H groups in total. The molecule has 0 saturated carbocycles. The number of fused-ring (bicyclic) bond motifs is 3. The minimum absolute atomic E-state index is 0.157. The van der Waals surface area contributed by atoms with Gasteiger partial charge >= 0.3 is 0 Å². The van der Waals surface area contributed by atoms with Crippen molar-refractivity contribution in [2.45, 2.75) is 25.3 Å². The first-order chi connectivity index (χ1) is 16.3. The number of nitrogens with zero attached hydrogens (tertiary/aromatic N) is 2. The van der Waals surface area contributed by atoms with Crippen molar-refractivity contribution in [1.29, 1.82) is 0 Å². The maximum Gasteiger partial charge on any atom is 0.213 e. The number of benzene rings is 4. The van der Waals surface area contributed by atoms with Gasteiger partial charge in [-0.2, -0.15) is 5.10 Å². The molecule has 6 rings (SSSR count). The Hall–Kier alpha value is -4.05. The molecule has 2 heterocycles. The van der Waals surface area contributed by atoms with E-state index in [1.807, 2.05) is 42.5 Å². The van der Waals surface area contributed by atoms with E-state index < -0.39 is 0 Å². The van der Waals surface area contributed by atoms with E-state index in [4.69, 9.17) is 14.6 Å². The summed E-state index contributed by atoms with van der Waals surface area (Å²) in [5.74, 6) is 1.77. The summed E-state index contributed by atoms with van der Waals surface area (Å²) in [6.45, 7) is 0.548. The molecule has 2 atom stereocenters. The Labute approximate surface area is 193 Å². The predicted molar refractivity (Wildman–Crippen MR) is 129 cm³/mol. The van der Waals surface area contributed by atoms with Crippen molar-refractivity contribution >= 4 is 5.71 Å². The normalized spacial score (nSPS) is 18.7. The molecule has 33 heavy (non-hydrogen) atoms. The Balaban J connectivity index is 1.28. The molecule has 0 radical (unpaired) electrons. The van der Waals surface area contributed by atoms with E-state index in [-0.39, 0.29) is 12.3 Å². The second-order valence-corrected chi connectivity index (χ2v) is 8.36. The SMILES string of the molecule is c1ccc(COc2ccc([C@H]3Oc4ccccc4[C@@H]4CC(c5ccccc5)=NN34)cc2)cc1. The van der Waals surface area contributed by atoms with E-state index >= 15 is 0 Å². The maximum absolute atomic E-state index is 6.46. The number of hydrogen-bond donors (Lipinski definition) is 0. The zero-order valence-electron chi connectivity index (χ0n) is 18.2. The molecule has 2 aliphatic rings. The summed E-state index contributed by atoms with van der Waals surface area (Å²) in [6.07, 6.45) is 0.577.